The molecule has 0 saturated carbocycles. The van der Waals surface area contributed by atoms with Crippen LogP contribution in [-0.4, -0.2) is 43.0 Å². The zero-order chi connectivity index (χ0) is 17.9. The zero-order valence-corrected chi connectivity index (χ0v) is 15.2. The van der Waals surface area contributed by atoms with Crippen LogP contribution in [0.1, 0.15) is 31.2 Å². The summed E-state index contributed by atoms with van der Waals surface area (Å²) in [6.07, 6.45) is 5.89. The Morgan fingerprint density at radius 2 is 1.85 bits per heavy atom. The van der Waals surface area contributed by atoms with Gasteiger partial charge in [0.2, 0.25) is 11.8 Å². The van der Waals surface area contributed by atoms with Crippen LogP contribution >= 0.6 is 0 Å². The molecule has 0 spiro atoms. The van der Waals surface area contributed by atoms with E-state index in [2.05, 4.69) is 6.08 Å². The highest BCUT2D eigenvalue weighted by atomic mass is 16.5. The van der Waals surface area contributed by atoms with Crippen molar-refractivity contribution in [3.8, 4) is 0 Å². The number of imide groups is 1. The molecule has 4 rings (SSSR count). The number of amides is 2. The van der Waals surface area contributed by atoms with Crippen molar-refractivity contribution in [1.29, 1.82) is 0 Å². The van der Waals surface area contributed by atoms with Crippen molar-refractivity contribution < 1.29 is 19.2 Å². The van der Waals surface area contributed by atoms with E-state index in [1.165, 1.54) is 15.5 Å². The van der Waals surface area contributed by atoms with Crippen molar-refractivity contribution in [1.82, 2.24) is 4.90 Å². The fraction of sp³-hybridized carbons (Fsp3) is 0.524. The average Bonchev–Trinajstić information content (AvgIpc) is 2.98. The lowest BCUT2D eigenvalue weighted by Gasteiger charge is -2.34. The van der Waals surface area contributed by atoms with Crippen molar-refractivity contribution >= 4 is 11.8 Å². The van der Waals surface area contributed by atoms with Gasteiger partial charge in [-0.2, -0.15) is 0 Å². The van der Waals surface area contributed by atoms with Gasteiger partial charge in [-0.05, 0) is 30.9 Å². The van der Waals surface area contributed by atoms with Crippen LogP contribution in [0.15, 0.2) is 42.1 Å². The van der Waals surface area contributed by atoms with Crippen LogP contribution in [0.25, 0.3) is 0 Å². The topological polar surface area (TPSA) is 51.1 Å². The molecular weight excluding hydrogens is 328 g/mol. The Balaban J connectivity index is 1.51. The predicted octanol–water partition coefficient (Wildman–Crippen LogP) is 1.16. The normalized spacial score (nSPS) is 27.7. The van der Waals surface area contributed by atoms with Crippen molar-refractivity contribution in [3.05, 3.63) is 47.7 Å². The number of quaternary nitrogens is 1. The third kappa shape index (κ3) is 3.46. The van der Waals surface area contributed by atoms with E-state index in [1.807, 2.05) is 30.3 Å². The van der Waals surface area contributed by atoms with Gasteiger partial charge in [0.1, 0.15) is 18.8 Å². The molecule has 2 aliphatic heterocycles. The smallest absolute Gasteiger partial charge is 0.233 e. The molecule has 3 aliphatic rings. The number of carbonyl (C=O) groups is 2. The summed E-state index contributed by atoms with van der Waals surface area (Å²) in [6, 6.07) is 9.78. The molecule has 1 aromatic carbocycles. The van der Waals surface area contributed by atoms with E-state index in [9.17, 15) is 9.59 Å². The first-order valence-corrected chi connectivity index (χ1v) is 9.75. The molecule has 5 heteroatoms. The number of nitrogens with one attached hydrogen (secondary N) is 1. The molecule has 0 unspecified atom stereocenters. The van der Waals surface area contributed by atoms with Crippen LogP contribution in [0.2, 0.25) is 0 Å². The molecule has 2 atom stereocenters. The number of ether oxygens (including phenoxy) is 1. The summed E-state index contributed by atoms with van der Waals surface area (Å²) in [7, 11) is 0. The lowest BCUT2D eigenvalue weighted by molar-refractivity contribution is -0.874. The maximum absolute atomic E-state index is 13.1. The molecule has 26 heavy (non-hydrogen) atoms. The van der Waals surface area contributed by atoms with Crippen molar-refractivity contribution in [2.45, 2.75) is 32.2 Å². The van der Waals surface area contributed by atoms with E-state index in [0.29, 0.717) is 13.0 Å². The molecule has 0 aromatic heterocycles. The molecule has 2 saturated heterocycles. The molecule has 2 amide bonds. The zero-order valence-electron chi connectivity index (χ0n) is 15.2. The number of likely N-dealkylation sites (tertiary alicyclic amines) is 1. The van der Waals surface area contributed by atoms with Gasteiger partial charge in [-0.15, -0.1) is 0 Å². The Morgan fingerprint density at radius 1 is 1.08 bits per heavy atom. The van der Waals surface area contributed by atoms with E-state index in [1.54, 1.807) is 0 Å². The summed E-state index contributed by atoms with van der Waals surface area (Å²) in [5.41, 5.74) is 2.36. The Kier molecular flexibility index (Phi) is 5.18. The van der Waals surface area contributed by atoms with Crippen molar-refractivity contribution in [2.24, 2.45) is 11.8 Å². The second kappa shape index (κ2) is 7.72. The van der Waals surface area contributed by atoms with Crippen LogP contribution in [0.3, 0.4) is 0 Å². The molecular formula is C21H27N2O3+. The Morgan fingerprint density at radius 3 is 2.62 bits per heavy atom. The Hall–Kier alpha value is -1.98. The second-order valence-electron chi connectivity index (χ2n) is 7.53. The van der Waals surface area contributed by atoms with Crippen LogP contribution in [0.4, 0.5) is 0 Å². The first-order chi connectivity index (χ1) is 12.7. The highest BCUT2D eigenvalue weighted by Crippen LogP contribution is 2.36. The molecule has 2 heterocycles. The van der Waals surface area contributed by atoms with Gasteiger partial charge in [0.25, 0.3) is 0 Å². The number of hydrogen-bond donors (Lipinski definition) is 1. The molecule has 1 aliphatic carbocycles. The molecule has 5 nitrogen and oxygen atoms in total. The average molecular weight is 355 g/mol. The Bertz CT molecular complexity index is 694. The monoisotopic (exact) mass is 355 g/mol. The van der Waals surface area contributed by atoms with Gasteiger partial charge >= 0.3 is 0 Å². The third-order valence-electron chi connectivity index (χ3n) is 5.94. The van der Waals surface area contributed by atoms with E-state index in [4.69, 9.17) is 4.74 Å². The first-order valence-electron chi connectivity index (χ1n) is 9.75. The molecule has 0 bridgehead atoms. The molecule has 138 valence electrons. The maximum atomic E-state index is 13.1. The number of rotatable bonds is 4. The fourth-order valence-corrected chi connectivity index (χ4v) is 4.59. The minimum Gasteiger partial charge on any atom is -0.370 e. The fourth-order valence-electron chi connectivity index (χ4n) is 4.59. The SMILES string of the molecule is O=C1C[C@@H]([C@H]2CCCC=C2[NH+]2CCOCC2)C(=O)N1Cc1ccccc1. The van der Waals surface area contributed by atoms with Gasteiger partial charge < -0.3 is 9.64 Å². The molecule has 1 aromatic rings. The predicted molar refractivity (Wildman–Crippen MR) is 97.0 cm³/mol. The minimum absolute atomic E-state index is 0.0179. The van der Waals surface area contributed by atoms with Gasteiger partial charge in [0.05, 0.1) is 25.7 Å². The van der Waals surface area contributed by atoms with Crippen LogP contribution in [-0.2, 0) is 20.9 Å². The maximum Gasteiger partial charge on any atom is 0.233 e. The molecule has 1 N–H and O–H groups in total. The van der Waals surface area contributed by atoms with Gasteiger partial charge in [-0.3, -0.25) is 14.5 Å². The second-order valence-corrected chi connectivity index (χ2v) is 7.53. The lowest BCUT2D eigenvalue weighted by Crippen LogP contribution is -3.13. The van der Waals surface area contributed by atoms with Gasteiger partial charge in [0.15, 0.2) is 0 Å². The van der Waals surface area contributed by atoms with E-state index in [0.717, 1.165) is 51.1 Å². The van der Waals surface area contributed by atoms with E-state index < -0.39 is 0 Å². The summed E-state index contributed by atoms with van der Waals surface area (Å²) >= 11 is 0. The van der Waals surface area contributed by atoms with Crippen molar-refractivity contribution in [3.63, 3.8) is 0 Å². The number of hydrogen-bond acceptors (Lipinski definition) is 3. The summed E-state index contributed by atoms with van der Waals surface area (Å²) < 4.78 is 5.50. The quantitative estimate of drug-likeness (QED) is 0.825. The van der Waals surface area contributed by atoms with Gasteiger partial charge in [-0.1, -0.05) is 30.3 Å². The van der Waals surface area contributed by atoms with Crippen molar-refractivity contribution in [2.75, 3.05) is 26.3 Å². The van der Waals surface area contributed by atoms with Gasteiger partial charge in [0, 0.05) is 12.3 Å². The number of carbonyl (C=O) groups excluding carboxylic acids is 2. The number of morpholine rings is 1. The van der Waals surface area contributed by atoms with E-state index >= 15 is 0 Å². The highest BCUT2D eigenvalue weighted by Gasteiger charge is 2.46. The third-order valence-corrected chi connectivity index (χ3v) is 5.94. The standard InChI is InChI=1S/C21H26N2O3/c24-20-14-18(21(25)23(20)15-16-6-2-1-3-7-16)17-8-4-5-9-19(17)22-10-12-26-13-11-22/h1-3,6-7,9,17-18H,4-5,8,10-15H2/p+1/t17-,18+/m1/s1. The first kappa shape index (κ1) is 17.4. The summed E-state index contributed by atoms with van der Waals surface area (Å²) in [5, 5.41) is 0. The minimum atomic E-state index is -0.187. The number of nitrogens with zero attached hydrogens (tertiary/aromatic N) is 1. The Labute approximate surface area is 154 Å². The van der Waals surface area contributed by atoms with E-state index in [-0.39, 0.29) is 23.7 Å². The summed E-state index contributed by atoms with van der Waals surface area (Å²) in [6.45, 7) is 3.87. The molecule has 0 radical (unpaired) electrons. The lowest BCUT2D eigenvalue weighted by atomic mass is 9.80. The number of benzene rings is 1. The molecule has 2 fully saturated rings. The van der Waals surface area contributed by atoms with Crippen LogP contribution < -0.4 is 4.90 Å². The summed E-state index contributed by atoms with van der Waals surface area (Å²) in [4.78, 5) is 28.6. The number of allylic oxidation sites excluding steroid dienone is 2. The highest BCUT2D eigenvalue weighted by molar-refractivity contribution is 6.03. The largest absolute Gasteiger partial charge is 0.370 e. The summed E-state index contributed by atoms with van der Waals surface area (Å²) in [5.74, 6) is 0.0113. The van der Waals surface area contributed by atoms with Crippen LogP contribution in [0.5, 0.6) is 0 Å². The van der Waals surface area contributed by atoms with Gasteiger partial charge in [-0.25, -0.2) is 0 Å². The van der Waals surface area contributed by atoms with Crippen LogP contribution in [0, 0.1) is 11.8 Å².